The molecule has 0 spiro atoms. The van der Waals surface area contributed by atoms with Crippen LogP contribution in [0.15, 0.2) is 59.6 Å². The zero-order chi connectivity index (χ0) is 13.8. The first-order chi connectivity index (χ1) is 9.81. The highest BCUT2D eigenvalue weighted by Crippen LogP contribution is 2.21. The average Bonchev–Trinajstić information content (AvgIpc) is 3.01. The molecule has 100 valence electrons. The molecule has 0 aliphatic rings. The van der Waals surface area contributed by atoms with Crippen LogP contribution in [0.3, 0.4) is 0 Å². The van der Waals surface area contributed by atoms with Crippen molar-refractivity contribution in [1.29, 1.82) is 0 Å². The normalized spacial score (nSPS) is 10.4. The molecule has 5 nitrogen and oxygen atoms in total. The summed E-state index contributed by atoms with van der Waals surface area (Å²) in [6, 6.07) is 11.3. The van der Waals surface area contributed by atoms with Gasteiger partial charge in [-0.2, -0.15) is 0 Å². The molecule has 0 radical (unpaired) electrons. The molecule has 2 heterocycles. The minimum Gasteiger partial charge on any atom is -0.506 e. The fraction of sp³-hybridized carbons (Fsp3) is 0.0667. The van der Waals surface area contributed by atoms with Crippen molar-refractivity contribution in [3.05, 3.63) is 60.9 Å². The molecule has 0 aliphatic carbocycles. The van der Waals surface area contributed by atoms with Gasteiger partial charge in [0, 0.05) is 11.3 Å². The molecule has 0 atom stereocenters. The number of hydrogen-bond donors (Lipinski definition) is 2. The fourth-order valence-corrected chi connectivity index (χ4v) is 1.82. The van der Waals surface area contributed by atoms with Crippen LogP contribution in [0, 0.1) is 0 Å². The number of nitrogens with zero attached hydrogens (tertiary/aromatic N) is 2. The summed E-state index contributed by atoms with van der Waals surface area (Å²) < 4.78 is 5.23. The van der Waals surface area contributed by atoms with Crippen molar-refractivity contribution in [3.8, 4) is 17.1 Å². The number of pyridine rings is 1. The summed E-state index contributed by atoms with van der Waals surface area (Å²) in [6.07, 6.45) is 4.53. The number of rotatable bonds is 4. The molecular weight excluding hydrogens is 254 g/mol. The van der Waals surface area contributed by atoms with Crippen LogP contribution in [0.4, 0.5) is 5.69 Å². The molecule has 0 unspecified atom stereocenters. The molecule has 2 N–H and O–H groups in total. The van der Waals surface area contributed by atoms with E-state index < -0.39 is 0 Å². The van der Waals surface area contributed by atoms with Gasteiger partial charge in [-0.3, -0.25) is 4.98 Å². The maximum Gasteiger partial charge on any atom is 0.181 e. The summed E-state index contributed by atoms with van der Waals surface area (Å²) in [5, 5.41) is 12.4. The van der Waals surface area contributed by atoms with Gasteiger partial charge in [0.15, 0.2) is 12.2 Å². The van der Waals surface area contributed by atoms with Crippen LogP contribution in [0.25, 0.3) is 11.3 Å². The largest absolute Gasteiger partial charge is 0.506 e. The van der Waals surface area contributed by atoms with E-state index in [0.717, 1.165) is 22.7 Å². The second-order valence-electron chi connectivity index (χ2n) is 4.30. The Morgan fingerprint density at radius 2 is 1.90 bits per heavy atom. The van der Waals surface area contributed by atoms with Gasteiger partial charge in [-0.1, -0.05) is 0 Å². The number of oxazole rings is 1. The molecule has 3 aromatic rings. The van der Waals surface area contributed by atoms with Crippen molar-refractivity contribution < 1.29 is 9.52 Å². The Kier molecular flexibility index (Phi) is 3.33. The molecule has 0 amide bonds. The van der Waals surface area contributed by atoms with E-state index in [1.165, 1.54) is 12.6 Å². The van der Waals surface area contributed by atoms with E-state index in [4.69, 9.17) is 9.52 Å². The summed E-state index contributed by atoms with van der Waals surface area (Å²) in [4.78, 5) is 8.01. The van der Waals surface area contributed by atoms with Crippen LogP contribution in [0.1, 0.15) is 5.69 Å². The Bertz CT molecular complexity index is 661. The topological polar surface area (TPSA) is 71.2 Å². The maximum atomic E-state index is 9.17. The van der Waals surface area contributed by atoms with Gasteiger partial charge in [0.2, 0.25) is 0 Å². The number of benzene rings is 1. The van der Waals surface area contributed by atoms with E-state index in [1.54, 1.807) is 18.3 Å². The molecule has 20 heavy (non-hydrogen) atoms. The highest BCUT2D eigenvalue weighted by molar-refractivity contribution is 5.60. The van der Waals surface area contributed by atoms with Crippen molar-refractivity contribution >= 4 is 5.69 Å². The van der Waals surface area contributed by atoms with Crippen molar-refractivity contribution in [3.63, 3.8) is 0 Å². The standard InChI is InChI=1S/C15H13N3O2/c19-14-6-5-13(18-8-14)7-17-12-3-1-11(2-4-12)15-9-16-10-20-15/h1-6,8-10,17,19H,7H2. The average molecular weight is 267 g/mol. The number of aromatic hydroxyl groups is 1. The first-order valence-corrected chi connectivity index (χ1v) is 6.18. The van der Waals surface area contributed by atoms with Gasteiger partial charge >= 0.3 is 0 Å². The van der Waals surface area contributed by atoms with Gasteiger partial charge in [-0.15, -0.1) is 0 Å². The molecule has 3 rings (SSSR count). The Balaban J connectivity index is 1.65. The van der Waals surface area contributed by atoms with Gasteiger partial charge in [0.1, 0.15) is 5.75 Å². The number of hydrogen-bond acceptors (Lipinski definition) is 5. The fourth-order valence-electron chi connectivity index (χ4n) is 1.82. The van der Waals surface area contributed by atoms with Gasteiger partial charge in [0.05, 0.1) is 24.6 Å². The van der Waals surface area contributed by atoms with E-state index in [0.29, 0.717) is 6.54 Å². The van der Waals surface area contributed by atoms with Crippen molar-refractivity contribution in [2.24, 2.45) is 0 Å². The zero-order valence-corrected chi connectivity index (χ0v) is 10.7. The number of aromatic nitrogens is 2. The van der Waals surface area contributed by atoms with Crippen LogP contribution in [-0.4, -0.2) is 15.1 Å². The summed E-state index contributed by atoms with van der Waals surface area (Å²) in [5.41, 5.74) is 2.83. The third kappa shape index (κ3) is 2.77. The lowest BCUT2D eigenvalue weighted by Gasteiger charge is -2.06. The summed E-state index contributed by atoms with van der Waals surface area (Å²) in [7, 11) is 0. The predicted molar refractivity (Wildman–Crippen MR) is 75.2 cm³/mol. The van der Waals surface area contributed by atoms with E-state index in [9.17, 15) is 0 Å². The third-order valence-corrected chi connectivity index (χ3v) is 2.88. The number of anilines is 1. The van der Waals surface area contributed by atoms with Crippen LogP contribution in [0.2, 0.25) is 0 Å². The predicted octanol–water partition coefficient (Wildman–Crippen LogP) is 3.05. The first kappa shape index (κ1) is 12.2. The van der Waals surface area contributed by atoms with Gasteiger partial charge in [-0.25, -0.2) is 4.98 Å². The molecule has 1 aromatic carbocycles. The number of nitrogens with one attached hydrogen (secondary N) is 1. The molecule has 5 heteroatoms. The second kappa shape index (κ2) is 5.44. The summed E-state index contributed by atoms with van der Waals surface area (Å²) in [6.45, 7) is 0.599. The lowest BCUT2D eigenvalue weighted by Crippen LogP contribution is -2.00. The van der Waals surface area contributed by atoms with Gasteiger partial charge in [-0.05, 0) is 36.4 Å². The molecule has 2 aromatic heterocycles. The lowest BCUT2D eigenvalue weighted by atomic mass is 10.1. The highest BCUT2D eigenvalue weighted by Gasteiger charge is 2.01. The summed E-state index contributed by atoms with van der Waals surface area (Å²) in [5.74, 6) is 0.918. The molecular formula is C15H13N3O2. The summed E-state index contributed by atoms with van der Waals surface area (Å²) >= 11 is 0. The second-order valence-corrected chi connectivity index (χ2v) is 4.30. The molecule has 0 aliphatic heterocycles. The van der Waals surface area contributed by atoms with Gasteiger partial charge in [0.25, 0.3) is 0 Å². The Hall–Kier alpha value is -2.82. The van der Waals surface area contributed by atoms with Crippen LogP contribution in [-0.2, 0) is 6.54 Å². The highest BCUT2D eigenvalue weighted by atomic mass is 16.3. The molecule has 0 bridgehead atoms. The first-order valence-electron chi connectivity index (χ1n) is 6.18. The van der Waals surface area contributed by atoms with E-state index in [1.807, 2.05) is 24.3 Å². The zero-order valence-electron chi connectivity index (χ0n) is 10.7. The molecule has 0 saturated heterocycles. The van der Waals surface area contributed by atoms with Crippen molar-refractivity contribution in [2.75, 3.05) is 5.32 Å². The molecule has 0 saturated carbocycles. The van der Waals surface area contributed by atoms with E-state index in [2.05, 4.69) is 15.3 Å². The third-order valence-electron chi connectivity index (χ3n) is 2.88. The minimum absolute atomic E-state index is 0.171. The Morgan fingerprint density at radius 1 is 1.05 bits per heavy atom. The maximum absolute atomic E-state index is 9.17. The van der Waals surface area contributed by atoms with Crippen molar-refractivity contribution in [2.45, 2.75) is 6.54 Å². The smallest absolute Gasteiger partial charge is 0.181 e. The van der Waals surface area contributed by atoms with E-state index >= 15 is 0 Å². The SMILES string of the molecule is Oc1ccc(CNc2ccc(-c3cnco3)cc2)nc1. The van der Waals surface area contributed by atoms with Crippen LogP contribution in [0.5, 0.6) is 5.75 Å². The lowest BCUT2D eigenvalue weighted by molar-refractivity contribution is 0.472. The van der Waals surface area contributed by atoms with E-state index in [-0.39, 0.29) is 5.75 Å². The van der Waals surface area contributed by atoms with Gasteiger partial charge < -0.3 is 14.8 Å². The minimum atomic E-state index is 0.171. The van der Waals surface area contributed by atoms with Crippen LogP contribution >= 0.6 is 0 Å². The molecule has 0 fully saturated rings. The Morgan fingerprint density at radius 3 is 2.55 bits per heavy atom. The monoisotopic (exact) mass is 267 g/mol. The van der Waals surface area contributed by atoms with Crippen LogP contribution < -0.4 is 5.32 Å². The Labute approximate surface area is 115 Å². The van der Waals surface area contributed by atoms with Crippen molar-refractivity contribution in [1.82, 2.24) is 9.97 Å². The quantitative estimate of drug-likeness (QED) is 0.760.